The van der Waals surface area contributed by atoms with Gasteiger partial charge in [-0.1, -0.05) is 12.1 Å². The van der Waals surface area contributed by atoms with Crippen LogP contribution in [0.25, 0.3) is 16.8 Å². The number of carbonyl (C=O) groups is 1. The Morgan fingerprint density at radius 3 is 2.52 bits per heavy atom. The molecule has 0 spiro atoms. The molecule has 0 aliphatic heterocycles. The Balaban J connectivity index is 1.67. The van der Waals surface area contributed by atoms with Crippen molar-refractivity contribution in [1.82, 2.24) is 18.7 Å². The predicted octanol–water partition coefficient (Wildman–Crippen LogP) is 1.77. The largest absolute Gasteiger partial charge is 0.352 e. The Bertz CT molecular complexity index is 1150. The van der Waals surface area contributed by atoms with Gasteiger partial charge in [-0.25, -0.2) is 18.3 Å². The Labute approximate surface area is 140 Å². The quantitative estimate of drug-likeness (QED) is 0.618. The molecule has 0 bridgehead atoms. The fourth-order valence-corrected chi connectivity index (χ4v) is 2.84. The van der Waals surface area contributed by atoms with Gasteiger partial charge in [-0.2, -0.15) is 0 Å². The number of fused-ring (bicyclic) bond motifs is 3. The molecule has 4 rings (SSSR count). The summed E-state index contributed by atoms with van der Waals surface area (Å²) in [6, 6.07) is 12.9. The van der Waals surface area contributed by atoms with Gasteiger partial charge in [-0.3, -0.25) is 4.79 Å². The second-order valence-corrected chi connectivity index (χ2v) is 5.68. The Hall–Kier alpha value is -3.42. The molecule has 25 heavy (non-hydrogen) atoms. The molecular formula is C17H14FN5O2. The third-order valence-electron chi connectivity index (χ3n) is 4.03. The van der Waals surface area contributed by atoms with E-state index in [0.29, 0.717) is 11.5 Å². The standard InChI is InChI=1S/C17H14FN5O2/c1-21-13-4-2-3-5-14(13)23-16(21)20-22(17(23)25)10-15(24)19-12-8-6-11(18)7-9-12/h2-9H,10H2,1H3,(H,19,24). The molecule has 2 aromatic heterocycles. The number of nitrogens with one attached hydrogen (secondary N) is 1. The van der Waals surface area contributed by atoms with Gasteiger partial charge in [0.25, 0.3) is 0 Å². The molecule has 1 N–H and O–H groups in total. The van der Waals surface area contributed by atoms with Crippen LogP contribution in [0.3, 0.4) is 0 Å². The zero-order chi connectivity index (χ0) is 17.6. The highest BCUT2D eigenvalue weighted by Crippen LogP contribution is 2.16. The molecule has 0 unspecified atom stereocenters. The second-order valence-electron chi connectivity index (χ2n) is 5.68. The van der Waals surface area contributed by atoms with Crippen LogP contribution in [0.2, 0.25) is 0 Å². The van der Waals surface area contributed by atoms with E-state index in [1.807, 2.05) is 31.3 Å². The fraction of sp³-hybridized carbons (Fsp3) is 0.118. The molecular weight excluding hydrogens is 325 g/mol. The predicted molar refractivity (Wildman–Crippen MR) is 91.0 cm³/mol. The van der Waals surface area contributed by atoms with Crippen LogP contribution in [-0.4, -0.2) is 24.7 Å². The van der Waals surface area contributed by atoms with Crippen molar-refractivity contribution in [2.45, 2.75) is 6.54 Å². The van der Waals surface area contributed by atoms with Crippen LogP contribution in [0.5, 0.6) is 0 Å². The van der Waals surface area contributed by atoms with Gasteiger partial charge in [-0.15, -0.1) is 5.10 Å². The van der Waals surface area contributed by atoms with Crippen molar-refractivity contribution in [1.29, 1.82) is 0 Å². The van der Waals surface area contributed by atoms with E-state index < -0.39 is 5.91 Å². The number of hydrogen-bond donors (Lipinski definition) is 1. The third-order valence-corrected chi connectivity index (χ3v) is 4.03. The normalized spacial score (nSPS) is 11.3. The maximum absolute atomic E-state index is 12.9. The van der Waals surface area contributed by atoms with Gasteiger partial charge < -0.3 is 9.88 Å². The number of benzene rings is 2. The number of aryl methyl sites for hydroxylation is 1. The summed E-state index contributed by atoms with van der Waals surface area (Å²) in [4.78, 5) is 24.8. The number of nitrogens with zero attached hydrogens (tertiary/aromatic N) is 4. The van der Waals surface area contributed by atoms with Crippen LogP contribution in [0.15, 0.2) is 53.3 Å². The number of rotatable bonds is 3. The molecule has 1 amide bonds. The number of amides is 1. The first kappa shape index (κ1) is 15.1. The average Bonchev–Trinajstić information content (AvgIpc) is 3.06. The maximum Gasteiger partial charge on any atom is 0.352 e. The van der Waals surface area contributed by atoms with E-state index in [1.165, 1.54) is 28.7 Å². The summed E-state index contributed by atoms with van der Waals surface area (Å²) in [6.07, 6.45) is 0. The van der Waals surface area contributed by atoms with Crippen LogP contribution >= 0.6 is 0 Å². The van der Waals surface area contributed by atoms with E-state index in [2.05, 4.69) is 10.4 Å². The zero-order valence-electron chi connectivity index (χ0n) is 13.3. The van der Waals surface area contributed by atoms with Crippen molar-refractivity contribution >= 4 is 28.4 Å². The molecule has 0 fully saturated rings. The van der Waals surface area contributed by atoms with Crippen molar-refractivity contribution in [2.24, 2.45) is 7.05 Å². The molecule has 0 atom stereocenters. The van der Waals surface area contributed by atoms with Crippen molar-refractivity contribution < 1.29 is 9.18 Å². The fourth-order valence-electron chi connectivity index (χ4n) is 2.84. The summed E-state index contributed by atoms with van der Waals surface area (Å²) in [5.74, 6) is -0.344. The molecule has 7 nitrogen and oxygen atoms in total. The molecule has 0 radical (unpaired) electrons. The van der Waals surface area contributed by atoms with E-state index in [9.17, 15) is 14.0 Å². The van der Waals surface area contributed by atoms with Crippen LogP contribution < -0.4 is 11.0 Å². The molecule has 0 saturated carbocycles. The average molecular weight is 339 g/mol. The molecule has 2 heterocycles. The van der Waals surface area contributed by atoms with Gasteiger partial charge >= 0.3 is 5.69 Å². The van der Waals surface area contributed by atoms with Crippen LogP contribution in [0.4, 0.5) is 10.1 Å². The van der Waals surface area contributed by atoms with Gasteiger partial charge in [0, 0.05) is 12.7 Å². The van der Waals surface area contributed by atoms with E-state index in [4.69, 9.17) is 0 Å². The molecule has 2 aromatic carbocycles. The maximum atomic E-state index is 12.9. The molecule has 0 aliphatic rings. The summed E-state index contributed by atoms with van der Waals surface area (Å²) < 4.78 is 17.3. The first-order valence-corrected chi connectivity index (χ1v) is 7.63. The summed E-state index contributed by atoms with van der Waals surface area (Å²) >= 11 is 0. The van der Waals surface area contributed by atoms with E-state index in [-0.39, 0.29) is 18.1 Å². The molecule has 0 aliphatic carbocycles. The van der Waals surface area contributed by atoms with Gasteiger partial charge in [0.05, 0.1) is 11.0 Å². The minimum Gasteiger partial charge on any atom is -0.324 e. The highest BCUT2D eigenvalue weighted by Gasteiger charge is 2.17. The Kier molecular flexibility index (Phi) is 3.38. The number of imidazole rings is 1. The first-order chi connectivity index (χ1) is 12.0. The Morgan fingerprint density at radius 2 is 1.80 bits per heavy atom. The third kappa shape index (κ3) is 2.47. The summed E-state index contributed by atoms with van der Waals surface area (Å²) in [5.41, 5.74) is 1.68. The minimum atomic E-state index is -0.415. The first-order valence-electron chi connectivity index (χ1n) is 7.63. The van der Waals surface area contributed by atoms with Crippen molar-refractivity contribution in [3.63, 3.8) is 0 Å². The second kappa shape index (κ2) is 5.59. The summed E-state index contributed by atoms with van der Waals surface area (Å²) in [7, 11) is 1.81. The highest BCUT2D eigenvalue weighted by molar-refractivity contribution is 5.90. The lowest BCUT2D eigenvalue weighted by Crippen LogP contribution is -2.28. The smallest absolute Gasteiger partial charge is 0.324 e. The van der Waals surface area contributed by atoms with Crippen LogP contribution in [0, 0.1) is 5.82 Å². The van der Waals surface area contributed by atoms with Crippen molar-refractivity contribution in [3.05, 3.63) is 64.8 Å². The van der Waals surface area contributed by atoms with Gasteiger partial charge in [0.1, 0.15) is 12.4 Å². The number of halogens is 1. The van der Waals surface area contributed by atoms with Gasteiger partial charge in [-0.05, 0) is 36.4 Å². The number of aromatic nitrogens is 4. The molecule has 4 aromatic rings. The van der Waals surface area contributed by atoms with Crippen molar-refractivity contribution in [2.75, 3.05) is 5.32 Å². The Morgan fingerprint density at radius 1 is 1.12 bits per heavy atom. The SMILES string of the molecule is Cn1c2ccccc2n2c(=O)n(CC(=O)Nc3ccc(F)cc3)nc12. The molecule has 8 heteroatoms. The lowest BCUT2D eigenvalue weighted by atomic mass is 10.3. The topological polar surface area (TPSA) is 73.3 Å². The zero-order valence-corrected chi connectivity index (χ0v) is 13.3. The molecule has 0 saturated heterocycles. The molecule has 126 valence electrons. The van der Waals surface area contributed by atoms with Gasteiger partial charge in [0.15, 0.2) is 0 Å². The summed E-state index contributed by atoms with van der Waals surface area (Å²) in [6.45, 7) is -0.230. The number of carbonyl (C=O) groups excluding carboxylic acids is 1. The lowest BCUT2D eigenvalue weighted by Gasteiger charge is -2.04. The van der Waals surface area contributed by atoms with E-state index >= 15 is 0 Å². The van der Waals surface area contributed by atoms with Crippen molar-refractivity contribution in [3.8, 4) is 0 Å². The minimum absolute atomic E-state index is 0.230. The lowest BCUT2D eigenvalue weighted by molar-refractivity contribution is -0.117. The highest BCUT2D eigenvalue weighted by atomic mass is 19.1. The number of anilines is 1. The van der Waals surface area contributed by atoms with E-state index in [0.717, 1.165) is 15.7 Å². The monoisotopic (exact) mass is 339 g/mol. The van der Waals surface area contributed by atoms with Crippen LogP contribution in [-0.2, 0) is 18.4 Å². The van der Waals surface area contributed by atoms with E-state index in [1.54, 1.807) is 4.57 Å². The summed E-state index contributed by atoms with van der Waals surface area (Å²) in [5, 5.41) is 6.87. The number of para-hydroxylation sites is 2. The van der Waals surface area contributed by atoms with Gasteiger partial charge in [0.2, 0.25) is 11.7 Å². The van der Waals surface area contributed by atoms with Crippen LogP contribution in [0.1, 0.15) is 0 Å². The number of hydrogen-bond acceptors (Lipinski definition) is 3.